The molecule has 0 aromatic carbocycles. The minimum Gasteiger partial charge on any atom is -0.550 e. The molecule has 0 aliphatic carbocycles. The van der Waals surface area contributed by atoms with E-state index >= 15 is 0 Å². The van der Waals surface area contributed by atoms with Crippen LogP contribution in [0.2, 0.25) is 0 Å². The molecule has 7 heteroatoms. The number of carbonyl (C=O) groups is 2. The van der Waals surface area contributed by atoms with E-state index in [0.717, 1.165) is 39.2 Å². The summed E-state index contributed by atoms with van der Waals surface area (Å²) in [5.74, 6) is -1.19. The third-order valence-electron chi connectivity index (χ3n) is 1.31. The van der Waals surface area contributed by atoms with Crippen molar-refractivity contribution in [2.75, 3.05) is 25.4 Å². The zero-order valence-corrected chi connectivity index (χ0v) is 16.0. The second-order valence-electron chi connectivity index (χ2n) is 2.73. The van der Waals surface area contributed by atoms with Gasteiger partial charge in [0.1, 0.15) is 0 Å². The molecule has 0 heterocycles. The molecule has 0 saturated carbocycles. The Morgan fingerprint density at radius 3 is 1.35 bits per heavy atom. The molecule has 0 radical (unpaired) electrons. The van der Waals surface area contributed by atoms with Gasteiger partial charge in [-0.15, -0.1) is 0 Å². The molecule has 0 atom stereocenters. The van der Waals surface area contributed by atoms with Gasteiger partial charge >= 0.3 is 27.3 Å². The maximum atomic E-state index is 8.89. The number of rotatable bonds is 4. The van der Waals surface area contributed by atoms with Crippen molar-refractivity contribution in [2.24, 2.45) is 0 Å². The summed E-state index contributed by atoms with van der Waals surface area (Å²) in [5.41, 5.74) is 0. The van der Waals surface area contributed by atoms with E-state index in [1.54, 1.807) is 0 Å². The van der Waals surface area contributed by atoms with Gasteiger partial charge in [-0.3, -0.25) is 0 Å². The molecule has 98 valence electrons. The predicted octanol–water partition coefficient (Wildman–Crippen LogP) is -1.23. The summed E-state index contributed by atoms with van der Waals surface area (Å²) in [4.78, 5) is 20.1. The van der Waals surface area contributed by atoms with Gasteiger partial charge in [-0.1, -0.05) is 13.8 Å². The molecule has 0 aliphatic heterocycles. The van der Waals surface area contributed by atoms with E-state index in [2.05, 4.69) is 31.4 Å². The molecule has 17 heavy (non-hydrogen) atoms. The molecule has 0 aliphatic rings. The fourth-order valence-corrected chi connectivity index (χ4v) is 0.964. The van der Waals surface area contributed by atoms with Crippen molar-refractivity contribution >= 4 is 24.6 Å². The fourth-order valence-electron chi connectivity index (χ4n) is 0.681. The number of hydrogen-bond acceptors (Lipinski definition) is 6. The van der Waals surface area contributed by atoms with Crippen molar-refractivity contribution < 1.29 is 47.1 Å². The zero-order chi connectivity index (χ0) is 13.6. The van der Waals surface area contributed by atoms with Crippen LogP contribution in [0.4, 0.5) is 0 Å². The summed E-state index contributed by atoms with van der Waals surface area (Å²) in [6.45, 7) is 9.71. The monoisotopic (exact) mass is 365 g/mol. The Kier molecular flexibility index (Phi) is 32.7. The third-order valence-corrected chi connectivity index (χ3v) is 1.51. The van der Waals surface area contributed by atoms with Crippen LogP contribution in [0.15, 0.2) is 0 Å². The first-order valence-electron chi connectivity index (χ1n) is 5.00. The second-order valence-corrected chi connectivity index (χ2v) is 3.18. The molecule has 0 fully saturated rings. The van der Waals surface area contributed by atoms with Crippen molar-refractivity contribution in [3.63, 3.8) is 0 Å². The summed E-state index contributed by atoms with van der Waals surface area (Å²) in [7, 11) is 0. The number of hydrogen-bond donors (Lipinski definition) is 1. The summed E-state index contributed by atoms with van der Waals surface area (Å²) in [6, 6.07) is 0. The molecule has 0 spiro atoms. The van der Waals surface area contributed by atoms with Crippen LogP contribution in [0, 0.1) is 0 Å². The Morgan fingerprint density at radius 2 is 1.29 bits per heavy atom. The molecular formula is C10H21CdNO4S. The maximum absolute atomic E-state index is 8.89. The van der Waals surface area contributed by atoms with Crippen LogP contribution in [0.3, 0.4) is 0 Å². The summed E-state index contributed by atoms with van der Waals surface area (Å²) < 4.78 is 0. The van der Waals surface area contributed by atoms with Gasteiger partial charge in [0.25, 0.3) is 0 Å². The molecule has 0 aromatic heterocycles. The number of carboxylic acids is 2. The second kappa shape index (κ2) is 21.5. The summed E-state index contributed by atoms with van der Waals surface area (Å²) in [6.07, 6.45) is 0. The van der Waals surface area contributed by atoms with Gasteiger partial charge < -0.3 is 24.7 Å². The third kappa shape index (κ3) is 63.1. The van der Waals surface area contributed by atoms with Gasteiger partial charge in [-0.05, 0) is 26.9 Å². The number of thiol groups is 1. The van der Waals surface area contributed by atoms with E-state index in [1.165, 1.54) is 0 Å². The summed E-state index contributed by atoms with van der Waals surface area (Å²) >= 11 is 4.13. The minimum atomic E-state index is -1.08. The van der Waals surface area contributed by atoms with Gasteiger partial charge in [0, 0.05) is 24.2 Å². The van der Waals surface area contributed by atoms with Crippen molar-refractivity contribution in [3.8, 4) is 0 Å². The maximum Gasteiger partial charge on any atom is 2.00 e. The van der Waals surface area contributed by atoms with Crippen molar-refractivity contribution in [1.82, 2.24) is 4.90 Å². The predicted molar refractivity (Wildman–Crippen MR) is 63.0 cm³/mol. The molecule has 0 N–H and O–H groups in total. The average molecular weight is 364 g/mol. The number of nitrogens with zero attached hydrogens (tertiary/aromatic N) is 1. The van der Waals surface area contributed by atoms with E-state index in [0.29, 0.717) is 0 Å². The van der Waals surface area contributed by atoms with Gasteiger partial charge in [-0.2, -0.15) is 12.6 Å². The van der Waals surface area contributed by atoms with Gasteiger partial charge in [0.2, 0.25) is 0 Å². The normalized spacial score (nSPS) is 7.88. The zero-order valence-electron chi connectivity index (χ0n) is 11.1. The largest absolute Gasteiger partial charge is 2.00 e. The molecule has 0 saturated heterocycles. The standard InChI is InChI=1S/C6H15NS.2C2H4O2.Cd/c1-3-7(4-2)5-6-8;2*1-2(3)4;/h8H,3-6H2,1-2H3;2*1H3,(H,3,4);/q;;;+2/p-2. The van der Waals surface area contributed by atoms with Crippen LogP contribution in [0.1, 0.15) is 27.7 Å². The SMILES string of the molecule is CC(=O)[O-].CC(=O)[O-].CCN(CC)CCS.[Cd+2]. The molecule has 5 nitrogen and oxygen atoms in total. The van der Waals surface area contributed by atoms with Crippen LogP contribution < -0.4 is 10.2 Å². The number of carboxylic acid groups (broad SMARTS) is 2. The van der Waals surface area contributed by atoms with E-state index in [4.69, 9.17) is 19.8 Å². The Labute approximate surface area is 129 Å². The van der Waals surface area contributed by atoms with Crippen LogP contribution in [0.25, 0.3) is 0 Å². The van der Waals surface area contributed by atoms with E-state index in [9.17, 15) is 0 Å². The van der Waals surface area contributed by atoms with Gasteiger partial charge in [-0.25, -0.2) is 0 Å². The Bertz CT molecular complexity index is 158. The van der Waals surface area contributed by atoms with E-state index in [1.807, 2.05) is 0 Å². The quantitative estimate of drug-likeness (QED) is 0.499. The van der Waals surface area contributed by atoms with Crippen LogP contribution in [-0.2, 0) is 36.9 Å². The van der Waals surface area contributed by atoms with Gasteiger partial charge in [0.15, 0.2) is 0 Å². The molecule has 0 rings (SSSR count). The Balaban J connectivity index is -0.0000000806. The number of carbonyl (C=O) groups excluding carboxylic acids is 2. The first-order valence-corrected chi connectivity index (χ1v) is 5.63. The van der Waals surface area contributed by atoms with Crippen molar-refractivity contribution in [3.05, 3.63) is 0 Å². The van der Waals surface area contributed by atoms with Gasteiger partial charge in [0.05, 0.1) is 0 Å². The average Bonchev–Trinajstić information content (AvgIpc) is 2.12. The molecule has 0 unspecified atom stereocenters. The Hall–Kier alpha value is 0.172. The Morgan fingerprint density at radius 1 is 1.06 bits per heavy atom. The minimum absolute atomic E-state index is 0. The molecule has 0 bridgehead atoms. The topological polar surface area (TPSA) is 83.5 Å². The molecular weight excluding hydrogens is 343 g/mol. The van der Waals surface area contributed by atoms with Crippen LogP contribution in [0.5, 0.6) is 0 Å². The van der Waals surface area contributed by atoms with E-state index < -0.39 is 11.9 Å². The number of aliphatic carboxylic acids is 2. The summed E-state index contributed by atoms with van der Waals surface area (Å²) in [5, 5.41) is 17.8. The van der Waals surface area contributed by atoms with E-state index in [-0.39, 0.29) is 27.3 Å². The first kappa shape index (κ1) is 25.9. The van der Waals surface area contributed by atoms with Crippen molar-refractivity contribution in [1.29, 1.82) is 0 Å². The fraction of sp³-hybridized carbons (Fsp3) is 0.800. The first-order chi connectivity index (χ1) is 7.31. The molecule has 0 aromatic rings. The molecule has 0 amide bonds. The smallest absolute Gasteiger partial charge is 0.550 e. The van der Waals surface area contributed by atoms with Crippen LogP contribution in [-0.4, -0.2) is 42.2 Å². The van der Waals surface area contributed by atoms with Crippen LogP contribution >= 0.6 is 12.6 Å². The van der Waals surface area contributed by atoms with Crippen molar-refractivity contribution in [2.45, 2.75) is 27.7 Å².